The van der Waals surface area contributed by atoms with Crippen LogP contribution < -0.4 is 0 Å². The largest absolute Gasteiger partial charge is 0.208 e. The predicted octanol–water partition coefficient (Wildman–Crippen LogP) is 9.05. The first-order valence-corrected chi connectivity index (χ1v) is 12.2. The third-order valence-corrected chi connectivity index (χ3v) is 6.84. The Bertz CT molecular complexity index is 2500. The predicted molar refractivity (Wildman–Crippen MR) is 154 cm³/mol. The Morgan fingerprint density at radius 1 is 0.579 bits per heavy atom. The fourth-order valence-corrected chi connectivity index (χ4v) is 5.07. The minimum atomic E-state index is -0.665. The van der Waals surface area contributed by atoms with Gasteiger partial charge >= 0.3 is 0 Å². The zero-order valence-corrected chi connectivity index (χ0v) is 20.1. The third kappa shape index (κ3) is 4.03. The number of thiophene rings is 1. The van der Waals surface area contributed by atoms with Gasteiger partial charge in [0.05, 0.1) is 15.1 Å². The van der Waals surface area contributed by atoms with Crippen LogP contribution in [0.25, 0.3) is 65.5 Å². The maximum absolute atomic E-state index is 13.8. The highest BCUT2D eigenvalue weighted by atomic mass is 32.1. The summed E-state index contributed by atoms with van der Waals surface area (Å²) in [4.78, 5) is 13.7. The van der Waals surface area contributed by atoms with Gasteiger partial charge in [0.1, 0.15) is 5.82 Å². The van der Waals surface area contributed by atoms with Gasteiger partial charge in [0.15, 0.2) is 17.5 Å². The third-order valence-electron chi connectivity index (χ3n) is 5.82. The van der Waals surface area contributed by atoms with Gasteiger partial charge < -0.3 is 0 Å². The zero-order chi connectivity index (χ0) is 35.0. The minimum Gasteiger partial charge on any atom is -0.208 e. The molecule has 0 saturated heterocycles. The van der Waals surface area contributed by atoms with Gasteiger partial charge in [-0.15, -0.1) is 11.3 Å². The van der Waals surface area contributed by atoms with Crippen molar-refractivity contribution in [2.45, 2.75) is 0 Å². The van der Waals surface area contributed by atoms with Gasteiger partial charge in [0.25, 0.3) is 0 Å². The van der Waals surface area contributed by atoms with Gasteiger partial charge in [-0.1, -0.05) is 84.7 Å². The van der Waals surface area contributed by atoms with Crippen molar-refractivity contribution in [3.05, 3.63) is 127 Å². The Morgan fingerprint density at radius 2 is 1.26 bits per heavy atom. The molecule has 0 bridgehead atoms. The Kier molecular flexibility index (Phi) is 3.35. The molecular formula is C33H20FN3S. The van der Waals surface area contributed by atoms with Crippen LogP contribution in [-0.2, 0) is 0 Å². The molecule has 0 aliphatic rings. The topological polar surface area (TPSA) is 38.7 Å². The van der Waals surface area contributed by atoms with Crippen LogP contribution in [0.5, 0.6) is 0 Å². The number of fused-ring (bicyclic) bond motifs is 3. The van der Waals surface area contributed by atoms with E-state index in [2.05, 4.69) is 15.0 Å². The Hall–Kier alpha value is -4.74. The normalized spacial score (nSPS) is 15.3. The van der Waals surface area contributed by atoms with Crippen molar-refractivity contribution in [3.63, 3.8) is 0 Å². The van der Waals surface area contributed by atoms with Crippen LogP contribution in [0.2, 0.25) is 0 Å². The van der Waals surface area contributed by atoms with Crippen molar-refractivity contribution in [3.8, 4) is 45.3 Å². The molecular weight excluding hydrogens is 489 g/mol. The summed E-state index contributed by atoms with van der Waals surface area (Å²) in [5.41, 5.74) is 0.242. The summed E-state index contributed by atoms with van der Waals surface area (Å²) in [5.74, 6) is -0.266. The van der Waals surface area contributed by atoms with E-state index in [1.165, 1.54) is 24.3 Å². The lowest BCUT2D eigenvalue weighted by atomic mass is 9.99. The molecule has 180 valence electrons. The highest BCUT2D eigenvalue weighted by molar-refractivity contribution is 7.26. The van der Waals surface area contributed by atoms with E-state index in [9.17, 15) is 5.76 Å². The number of hydrogen-bond acceptors (Lipinski definition) is 4. The molecule has 0 saturated carbocycles. The summed E-state index contributed by atoms with van der Waals surface area (Å²) in [5, 5.41) is -0.0747. The highest BCUT2D eigenvalue weighted by Gasteiger charge is 2.15. The standard InChI is InChI=1S/C33H20FN3S/c34-25-17-14-23(15-18-25)32-35-31(22-10-5-2-6-11-22)36-33(37-32)24-16-19-27-29(20-24)38-28-13-7-12-26(30(27)28)21-8-3-1-4-9-21/h1-20H/i1D,3D,4D,7D,8D,9D,12D,13D,16D,19D,20D. The maximum atomic E-state index is 13.8. The van der Waals surface area contributed by atoms with Gasteiger partial charge in [0, 0.05) is 36.9 Å². The molecule has 0 atom stereocenters. The van der Waals surface area contributed by atoms with E-state index in [4.69, 9.17) is 13.7 Å². The maximum Gasteiger partial charge on any atom is 0.164 e. The molecule has 38 heavy (non-hydrogen) atoms. The number of aromatic nitrogens is 3. The molecule has 0 radical (unpaired) electrons. The van der Waals surface area contributed by atoms with Crippen molar-refractivity contribution < 1.29 is 19.5 Å². The van der Waals surface area contributed by atoms with Gasteiger partial charge in [0.2, 0.25) is 0 Å². The van der Waals surface area contributed by atoms with Crippen molar-refractivity contribution in [1.82, 2.24) is 15.0 Å². The van der Waals surface area contributed by atoms with Crippen LogP contribution in [0.4, 0.5) is 4.39 Å². The van der Waals surface area contributed by atoms with Crippen molar-refractivity contribution >= 4 is 31.5 Å². The van der Waals surface area contributed by atoms with Crippen LogP contribution in [-0.4, -0.2) is 15.0 Å². The molecule has 2 heterocycles. The van der Waals surface area contributed by atoms with E-state index in [1.54, 1.807) is 24.3 Å². The molecule has 7 aromatic rings. The summed E-state index contributed by atoms with van der Waals surface area (Å²) in [7, 11) is 0. The second kappa shape index (κ2) is 9.29. The van der Waals surface area contributed by atoms with E-state index in [-0.39, 0.29) is 60.4 Å². The molecule has 0 unspecified atom stereocenters. The average Bonchev–Trinajstić information content (AvgIpc) is 3.51. The summed E-state index contributed by atoms with van der Waals surface area (Å²) in [6.07, 6.45) is 0. The number of benzene rings is 5. The van der Waals surface area contributed by atoms with Crippen LogP contribution in [0.15, 0.2) is 121 Å². The number of rotatable bonds is 4. The first-order chi connectivity index (χ1) is 23.3. The van der Waals surface area contributed by atoms with E-state index in [0.29, 0.717) is 11.1 Å². The van der Waals surface area contributed by atoms with Crippen LogP contribution in [0, 0.1) is 5.82 Å². The van der Waals surface area contributed by atoms with Crippen LogP contribution in [0.1, 0.15) is 15.1 Å². The minimum absolute atomic E-state index is 0.0318. The summed E-state index contributed by atoms with van der Waals surface area (Å²) in [6.45, 7) is 0. The first-order valence-electron chi connectivity index (χ1n) is 16.9. The number of halogens is 1. The molecule has 0 aliphatic heterocycles. The molecule has 7 rings (SSSR count). The lowest BCUT2D eigenvalue weighted by Crippen LogP contribution is -2.00. The average molecular weight is 521 g/mol. The monoisotopic (exact) mass is 520 g/mol. The highest BCUT2D eigenvalue weighted by Crippen LogP contribution is 2.41. The van der Waals surface area contributed by atoms with E-state index in [1.807, 2.05) is 6.07 Å². The lowest BCUT2D eigenvalue weighted by Gasteiger charge is -2.09. The summed E-state index contributed by atoms with van der Waals surface area (Å²) in [6, 6.07) is 8.28. The zero-order valence-electron chi connectivity index (χ0n) is 30.3. The van der Waals surface area contributed by atoms with Crippen molar-refractivity contribution in [1.29, 1.82) is 0 Å². The molecule has 0 fully saturated rings. The Morgan fingerprint density at radius 3 is 2.00 bits per heavy atom. The van der Waals surface area contributed by atoms with E-state index < -0.39 is 66.2 Å². The van der Waals surface area contributed by atoms with Gasteiger partial charge in [-0.05, 0) is 47.5 Å². The Labute approximate surface area is 238 Å². The summed E-state index contributed by atoms with van der Waals surface area (Å²) >= 11 is 0.857. The smallest absolute Gasteiger partial charge is 0.164 e. The molecule has 0 spiro atoms. The molecule has 0 amide bonds. The second-order valence-corrected chi connectivity index (χ2v) is 9.21. The fourth-order valence-electron chi connectivity index (χ4n) is 4.05. The van der Waals surface area contributed by atoms with E-state index in [0.717, 1.165) is 11.3 Å². The lowest BCUT2D eigenvalue weighted by molar-refractivity contribution is 0.628. The molecule has 3 nitrogen and oxygen atoms in total. The fraction of sp³-hybridized carbons (Fsp3) is 0. The van der Waals surface area contributed by atoms with Gasteiger partial charge in [-0.25, -0.2) is 19.3 Å². The van der Waals surface area contributed by atoms with Crippen molar-refractivity contribution in [2.75, 3.05) is 0 Å². The van der Waals surface area contributed by atoms with Gasteiger partial charge in [-0.2, -0.15) is 0 Å². The molecule has 5 heteroatoms. The Balaban J connectivity index is 1.59. The molecule has 5 aromatic carbocycles. The van der Waals surface area contributed by atoms with Crippen LogP contribution >= 0.6 is 11.3 Å². The number of nitrogens with zero attached hydrogens (tertiary/aromatic N) is 3. The molecule has 0 N–H and O–H groups in total. The SMILES string of the molecule is [2H]c1c([2H])c([2H])c(-c2c([2H])c([2H])c([2H])c3sc4c([2H])c(-c5nc(-c6ccccc6)nc(-c6ccc(F)cc6)n5)c([2H])c([2H])c4c23)c([2H])c1[2H]. The van der Waals surface area contributed by atoms with Crippen molar-refractivity contribution in [2.24, 2.45) is 0 Å². The molecule has 0 aliphatic carbocycles. The first kappa shape index (κ1) is 13.7. The summed E-state index contributed by atoms with van der Waals surface area (Å²) < 4.78 is 109. The van der Waals surface area contributed by atoms with Crippen LogP contribution in [0.3, 0.4) is 0 Å². The molecule has 2 aromatic heterocycles. The quantitative estimate of drug-likeness (QED) is 0.232. The van der Waals surface area contributed by atoms with E-state index >= 15 is 0 Å². The second-order valence-electron chi connectivity index (χ2n) is 8.19. The number of hydrogen-bond donors (Lipinski definition) is 0. The van der Waals surface area contributed by atoms with Gasteiger partial charge in [-0.3, -0.25) is 0 Å².